The van der Waals surface area contributed by atoms with Crippen molar-refractivity contribution in [3.63, 3.8) is 0 Å². The second-order valence-corrected chi connectivity index (χ2v) is 7.80. The topological polar surface area (TPSA) is 100 Å². The van der Waals surface area contributed by atoms with Crippen molar-refractivity contribution < 1.29 is 17.9 Å². The van der Waals surface area contributed by atoms with Crippen LogP contribution < -0.4 is 5.63 Å². The van der Waals surface area contributed by atoms with Gasteiger partial charge in [-0.2, -0.15) is 0 Å². The number of hydrogen-bond donors (Lipinski definition) is 1. The van der Waals surface area contributed by atoms with Gasteiger partial charge in [0.2, 0.25) is 10.0 Å². The molecular formula is C16H18N2O5S. The molecule has 0 amide bonds. The van der Waals surface area contributed by atoms with Gasteiger partial charge in [0.15, 0.2) is 0 Å². The lowest BCUT2D eigenvalue weighted by Crippen LogP contribution is -2.39. The highest BCUT2D eigenvalue weighted by Gasteiger charge is 2.24. The summed E-state index contributed by atoms with van der Waals surface area (Å²) >= 11 is 0. The molecule has 0 bridgehead atoms. The van der Waals surface area contributed by atoms with E-state index in [0.29, 0.717) is 36.9 Å². The summed E-state index contributed by atoms with van der Waals surface area (Å²) < 4.78 is 29.6. The normalized spacial score (nSPS) is 17.7. The molecular weight excluding hydrogens is 332 g/mol. The predicted molar refractivity (Wildman–Crippen MR) is 91.2 cm³/mol. The Morgan fingerprint density at radius 1 is 1.29 bits per heavy atom. The maximum atomic E-state index is 12.0. The molecule has 0 atom stereocenters. The molecule has 1 saturated heterocycles. The smallest absolute Gasteiger partial charge is 0.348 e. The fraction of sp³-hybridized carbons (Fsp3) is 0.375. The van der Waals surface area contributed by atoms with Crippen LogP contribution in [0.1, 0.15) is 18.4 Å². The zero-order valence-electron chi connectivity index (χ0n) is 13.2. The van der Waals surface area contributed by atoms with E-state index in [1.807, 2.05) is 0 Å². The zero-order chi connectivity index (χ0) is 17.3. The van der Waals surface area contributed by atoms with Crippen LogP contribution in [0.5, 0.6) is 5.75 Å². The van der Waals surface area contributed by atoms with Crippen molar-refractivity contribution in [2.75, 3.05) is 19.3 Å². The number of hydrogen-bond acceptors (Lipinski definition) is 6. The first kappa shape index (κ1) is 16.7. The van der Waals surface area contributed by atoms with Gasteiger partial charge in [0.1, 0.15) is 16.9 Å². The lowest BCUT2D eigenvalue weighted by Gasteiger charge is -2.28. The number of piperidine rings is 1. The Morgan fingerprint density at radius 2 is 1.96 bits per heavy atom. The first-order valence-corrected chi connectivity index (χ1v) is 9.44. The van der Waals surface area contributed by atoms with Crippen molar-refractivity contribution in [3.8, 4) is 5.75 Å². The molecule has 1 fully saturated rings. The van der Waals surface area contributed by atoms with Gasteiger partial charge in [-0.15, -0.1) is 0 Å². The van der Waals surface area contributed by atoms with Crippen molar-refractivity contribution in [1.29, 1.82) is 0 Å². The minimum atomic E-state index is -3.18. The van der Waals surface area contributed by atoms with E-state index in [1.54, 1.807) is 24.3 Å². The first-order valence-electron chi connectivity index (χ1n) is 7.59. The summed E-state index contributed by atoms with van der Waals surface area (Å²) in [7, 11) is -3.18. The molecule has 128 valence electrons. The third-order valence-corrected chi connectivity index (χ3v) is 5.43. The number of benzene rings is 1. The van der Waals surface area contributed by atoms with Gasteiger partial charge in [-0.05, 0) is 25.0 Å². The van der Waals surface area contributed by atoms with Gasteiger partial charge in [0.25, 0.3) is 0 Å². The molecule has 0 radical (unpaired) electrons. The third kappa shape index (κ3) is 3.34. The predicted octanol–water partition coefficient (Wildman–Crippen LogP) is 1.34. The third-order valence-electron chi connectivity index (χ3n) is 4.13. The lowest BCUT2D eigenvalue weighted by atomic mass is 10.1. The lowest BCUT2D eigenvalue weighted by molar-refractivity contribution is 0.323. The van der Waals surface area contributed by atoms with E-state index in [-0.39, 0.29) is 17.4 Å². The van der Waals surface area contributed by atoms with Gasteiger partial charge in [-0.3, -0.25) is 4.99 Å². The molecule has 2 heterocycles. The van der Waals surface area contributed by atoms with Crippen LogP contribution in [-0.2, 0) is 10.0 Å². The van der Waals surface area contributed by atoms with Crippen LogP contribution in [0.15, 0.2) is 38.5 Å². The molecule has 2 aromatic rings. The Kier molecular flexibility index (Phi) is 4.42. The van der Waals surface area contributed by atoms with Crippen molar-refractivity contribution >= 4 is 27.2 Å². The molecule has 1 aliphatic rings. The van der Waals surface area contributed by atoms with E-state index in [1.165, 1.54) is 16.8 Å². The zero-order valence-corrected chi connectivity index (χ0v) is 14.0. The standard InChI is InChI=1S/C16H18N2O5S/c1-24(21,22)18-8-6-11(7-9-18)17-10-13-15(19)12-4-2-3-5-14(12)23-16(13)20/h2-5,10-11,19H,6-9H2,1H3. The average Bonchev–Trinajstić information content (AvgIpc) is 2.54. The van der Waals surface area contributed by atoms with Gasteiger partial charge in [-0.1, -0.05) is 12.1 Å². The second-order valence-electron chi connectivity index (χ2n) is 5.82. The van der Waals surface area contributed by atoms with Gasteiger partial charge >= 0.3 is 5.63 Å². The van der Waals surface area contributed by atoms with E-state index in [9.17, 15) is 18.3 Å². The fourth-order valence-electron chi connectivity index (χ4n) is 2.76. The molecule has 1 aromatic carbocycles. The summed E-state index contributed by atoms with van der Waals surface area (Å²) in [5, 5.41) is 10.7. The Morgan fingerprint density at radius 3 is 2.62 bits per heavy atom. The average molecular weight is 350 g/mol. The van der Waals surface area contributed by atoms with Crippen molar-refractivity contribution in [3.05, 3.63) is 40.2 Å². The van der Waals surface area contributed by atoms with Gasteiger partial charge in [0.05, 0.1) is 17.7 Å². The van der Waals surface area contributed by atoms with Crippen molar-refractivity contribution in [2.45, 2.75) is 18.9 Å². The highest BCUT2D eigenvalue weighted by Crippen LogP contribution is 2.25. The summed E-state index contributed by atoms with van der Waals surface area (Å²) in [4.78, 5) is 16.3. The molecule has 0 unspecified atom stereocenters. The minimum Gasteiger partial charge on any atom is -0.506 e. The van der Waals surface area contributed by atoms with E-state index in [0.717, 1.165) is 0 Å². The van der Waals surface area contributed by atoms with Crippen LogP contribution in [0.2, 0.25) is 0 Å². The molecule has 7 nitrogen and oxygen atoms in total. The van der Waals surface area contributed by atoms with Crippen LogP contribution in [-0.4, -0.2) is 49.4 Å². The van der Waals surface area contributed by atoms with Gasteiger partial charge < -0.3 is 9.52 Å². The van der Waals surface area contributed by atoms with Crippen LogP contribution >= 0.6 is 0 Å². The maximum absolute atomic E-state index is 12.0. The SMILES string of the molecule is CS(=O)(=O)N1CCC(N=Cc2c(O)c3ccccc3oc2=O)CC1. The molecule has 24 heavy (non-hydrogen) atoms. The van der Waals surface area contributed by atoms with Crippen LogP contribution in [0, 0.1) is 0 Å². The van der Waals surface area contributed by atoms with Crippen LogP contribution in [0.25, 0.3) is 11.0 Å². The highest BCUT2D eigenvalue weighted by atomic mass is 32.2. The number of rotatable bonds is 3. The van der Waals surface area contributed by atoms with E-state index in [2.05, 4.69) is 4.99 Å². The number of para-hydroxylation sites is 1. The number of fused-ring (bicyclic) bond motifs is 1. The van der Waals surface area contributed by atoms with Crippen molar-refractivity contribution in [1.82, 2.24) is 4.31 Å². The summed E-state index contributed by atoms with van der Waals surface area (Å²) in [6.07, 6.45) is 3.66. The Hall–Kier alpha value is -2.19. The first-order chi connectivity index (χ1) is 11.4. The highest BCUT2D eigenvalue weighted by molar-refractivity contribution is 7.88. The fourth-order valence-corrected chi connectivity index (χ4v) is 3.64. The van der Waals surface area contributed by atoms with Crippen molar-refractivity contribution in [2.24, 2.45) is 4.99 Å². The molecule has 0 aliphatic carbocycles. The molecule has 0 spiro atoms. The summed E-state index contributed by atoms with van der Waals surface area (Å²) in [5.74, 6) is -0.154. The van der Waals surface area contributed by atoms with Crippen LogP contribution in [0.3, 0.4) is 0 Å². The van der Waals surface area contributed by atoms with E-state index < -0.39 is 15.6 Å². The Labute approximate surface area is 139 Å². The quantitative estimate of drug-likeness (QED) is 0.665. The molecule has 3 rings (SSSR count). The minimum absolute atomic E-state index is 0.0132. The molecule has 1 aromatic heterocycles. The summed E-state index contributed by atoms with van der Waals surface area (Å²) in [6.45, 7) is 0.804. The molecule has 1 N–H and O–H groups in total. The Balaban J connectivity index is 1.81. The summed E-state index contributed by atoms with van der Waals surface area (Å²) in [5.41, 5.74) is -0.318. The van der Waals surface area contributed by atoms with E-state index >= 15 is 0 Å². The number of nitrogens with zero attached hydrogens (tertiary/aromatic N) is 2. The second kappa shape index (κ2) is 6.37. The maximum Gasteiger partial charge on any atom is 0.348 e. The van der Waals surface area contributed by atoms with Crippen LogP contribution in [0.4, 0.5) is 0 Å². The number of aromatic hydroxyl groups is 1. The van der Waals surface area contributed by atoms with Gasteiger partial charge in [-0.25, -0.2) is 17.5 Å². The molecule has 1 aliphatic heterocycles. The Bertz CT molecular complexity index is 941. The number of aliphatic imine (C=N–C) groups is 1. The van der Waals surface area contributed by atoms with Gasteiger partial charge in [0, 0.05) is 19.3 Å². The monoisotopic (exact) mass is 350 g/mol. The van der Waals surface area contributed by atoms with E-state index in [4.69, 9.17) is 4.42 Å². The molecule has 8 heteroatoms. The largest absolute Gasteiger partial charge is 0.506 e. The number of sulfonamides is 1. The summed E-state index contributed by atoms with van der Waals surface area (Å²) in [6, 6.07) is 6.64. The molecule has 0 saturated carbocycles.